The highest BCUT2D eigenvalue weighted by molar-refractivity contribution is 5.95. The minimum atomic E-state index is -0.127. The Bertz CT molecular complexity index is 618. The fourth-order valence-electron chi connectivity index (χ4n) is 2.25. The van der Waals surface area contributed by atoms with Gasteiger partial charge in [0.25, 0.3) is 5.91 Å². The number of methoxy groups -OCH3 is 1. The largest absolute Gasteiger partial charge is 0.399 e. The number of aryl methyl sites for hydroxylation is 1. The van der Waals surface area contributed by atoms with Crippen molar-refractivity contribution in [3.63, 3.8) is 0 Å². The molecule has 0 unspecified atom stereocenters. The summed E-state index contributed by atoms with van der Waals surface area (Å²) in [4.78, 5) is 12.2. The monoisotopic (exact) mass is 284 g/mol. The zero-order chi connectivity index (χ0) is 15.2. The first-order valence-electron chi connectivity index (χ1n) is 6.81. The normalized spacial score (nSPS) is 10.4. The summed E-state index contributed by atoms with van der Waals surface area (Å²) < 4.78 is 5.16. The van der Waals surface area contributed by atoms with E-state index in [0.717, 1.165) is 16.7 Å². The fourth-order valence-corrected chi connectivity index (χ4v) is 2.25. The molecule has 0 atom stereocenters. The lowest BCUT2D eigenvalue weighted by Crippen LogP contribution is -2.23. The van der Waals surface area contributed by atoms with Crippen LogP contribution in [0.2, 0.25) is 0 Å². The minimum Gasteiger partial charge on any atom is -0.399 e. The molecule has 0 aromatic heterocycles. The number of carbonyl (C=O) groups is 1. The molecule has 0 aliphatic rings. The second-order valence-electron chi connectivity index (χ2n) is 5.02. The first-order valence-corrected chi connectivity index (χ1v) is 6.81. The van der Waals surface area contributed by atoms with Crippen LogP contribution in [0.15, 0.2) is 42.5 Å². The maximum atomic E-state index is 12.2. The van der Waals surface area contributed by atoms with Crippen molar-refractivity contribution in [1.29, 1.82) is 0 Å². The van der Waals surface area contributed by atoms with E-state index in [2.05, 4.69) is 5.32 Å². The van der Waals surface area contributed by atoms with Crippen molar-refractivity contribution < 1.29 is 9.53 Å². The van der Waals surface area contributed by atoms with Gasteiger partial charge >= 0.3 is 0 Å². The third-order valence-corrected chi connectivity index (χ3v) is 3.22. The van der Waals surface area contributed by atoms with Gasteiger partial charge in [0.2, 0.25) is 0 Å². The SMILES string of the molecule is COCc1ccccc1CNC(=O)c1cc(C)cc(N)c1. The summed E-state index contributed by atoms with van der Waals surface area (Å²) in [5.41, 5.74) is 10.0. The predicted octanol–water partition coefficient (Wildman–Crippen LogP) is 2.65. The van der Waals surface area contributed by atoms with E-state index in [1.165, 1.54) is 0 Å². The number of anilines is 1. The Balaban J connectivity index is 2.07. The lowest BCUT2D eigenvalue weighted by atomic mass is 10.1. The average molecular weight is 284 g/mol. The van der Waals surface area contributed by atoms with Crippen LogP contribution in [-0.2, 0) is 17.9 Å². The summed E-state index contributed by atoms with van der Waals surface area (Å²) in [7, 11) is 1.66. The van der Waals surface area contributed by atoms with Gasteiger partial charge in [-0.05, 0) is 41.8 Å². The number of carbonyl (C=O) groups excluding carboxylic acids is 1. The van der Waals surface area contributed by atoms with Crippen molar-refractivity contribution in [2.24, 2.45) is 0 Å². The van der Waals surface area contributed by atoms with Gasteiger partial charge in [0.1, 0.15) is 0 Å². The van der Waals surface area contributed by atoms with Gasteiger partial charge in [-0.2, -0.15) is 0 Å². The number of nitrogens with two attached hydrogens (primary N) is 1. The molecule has 0 heterocycles. The van der Waals surface area contributed by atoms with Crippen LogP contribution in [0.5, 0.6) is 0 Å². The van der Waals surface area contributed by atoms with Crippen LogP contribution in [-0.4, -0.2) is 13.0 Å². The summed E-state index contributed by atoms with van der Waals surface area (Å²) in [5, 5.41) is 2.92. The van der Waals surface area contributed by atoms with E-state index in [1.807, 2.05) is 43.3 Å². The van der Waals surface area contributed by atoms with Gasteiger partial charge in [-0.3, -0.25) is 4.79 Å². The lowest BCUT2D eigenvalue weighted by Gasteiger charge is -2.11. The number of nitrogen functional groups attached to an aromatic ring is 1. The van der Waals surface area contributed by atoms with E-state index >= 15 is 0 Å². The van der Waals surface area contributed by atoms with Crippen molar-refractivity contribution in [2.45, 2.75) is 20.1 Å². The van der Waals surface area contributed by atoms with Gasteiger partial charge in [-0.1, -0.05) is 24.3 Å². The van der Waals surface area contributed by atoms with Crippen LogP contribution in [0, 0.1) is 6.92 Å². The van der Waals surface area contributed by atoms with Crippen LogP contribution >= 0.6 is 0 Å². The van der Waals surface area contributed by atoms with Gasteiger partial charge in [0.15, 0.2) is 0 Å². The van der Waals surface area contributed by atoms with Gasteiger partial charge in [-0.15, -0.1) is 0 Å². The van der Waals surface area contributed by atoms with Crippen LogP contribution < -0.4 is 11.1 Å². The Labute approximate surface area is 124 Å². The Hall–Kier alpha value is -2.33. The number of rotatable bonds is 5. The Morgan fingerprint density at radius 3 is 2.57 bits per heavy atom. The van der Waals surface area contributed by atoms with Crippen LogP contribution in [0.4, 0.5) is 5.69 Å². The molecule has 4 heteroatoms. The molecule has 0 aliphatic carbocycles. The maximum absolute atomic E-state index is 12.2. The molecule has 2 aromatic rings. The highest BCUT2D eigenvalue weighted by Gasteiger charge is 2.08. The molecule has 110 valence electrons. The van der Waals surface area contributed by atoms with Crippen LogP contribution in [0.1, 0.15) is 27.0 Å². The first kappa shape index (κ1) is 15.1. The fraction of sp³-hybridized carbons (Fsp3) is 0.235. The second kappa shape index (κ2) is 6.90. The number of benzene rings is 2. The molecule has 2 aromatic carbocycles. The van der Waals surface area contributed by atoms with Gasteiger partial charge < -0.3 is 15.8 Å². The smallest absolute Gasteiger partial charge is 0.251 e. The van der Waals surface area contributed by atoms with Crippen molar-refractivity contribution in [1.82, 2.24) is 5.32 Å². The molecule has 21 heavy (non-hydrogen) atoms. The molecule has 0 radical (unpaired) electrons. The molecular weight excluding hydrogens is 264 g/mol. The van der Waals surface area contributed by atoms with Gasteiger partial charge in [0.05, 0.1) is 6.61 Å². The van der Waals surface area contributed by atoms with E-state index in [9.17, 15) is 4.79 Å². The minimum absolute atomic E-state index is 0.127. The van der Waals surface area contributed by atoms with Crippen LogP contribution in [0.25, 0.3) is 0 Å². The van der Waals surface area contributed by atoms with E-state index in [0.29, 0.717) is 24.4 Å². The highest BCUT2D eigenvalue weighted by atomic mass is 16.5. The Morgan fingerprint density at radius 2 is 1.90 bits per heavy atom. The third kappa shape index (κ3) is 4.07. The predicted molar refractivity (Wildman–Crippen MR) is 83.9 cm³/mol. The van der Waals surface area contributed by atoms with E-state index in [-0.39, 0.29) is 5.91 Å². The Kier molecular flexibility index (Phi) is 4.95. The van der Waals surface area contributed by atoms with E-state index in [4.69, 9.17) is 10.5 Å². The average Bonchev–Trinajstić information content (AvgIpc) is 2.45. The highest BCUT2D eigenvalue weighted by Crippen LogP contribution is 2.13. The number of ether oxygens (including phenoxy) is 1. The summed E-state index contributed by atoms with van der Waals surface area (Å²) >= 11 is 0. The lowest BCUT2D eigenvalue weighted by molar-refractivity contribution is 0.0950. The molecule has 1 amide bonds. The van der Waals surface area contributed by atoms with Gasteiger partial charge in [0, 0.05) is 24.9 Å². The summed E-state index contributed by atoms with van der Waals surface area (Å²) in [5.74, 6) is -0.127. The molecule has 3 N–H and O–H groups in total. The first-order chi connectivity index (χ1) is 10.1. The summed E-state index contributed by atoms with van der Waals surface area (Å²) in [6, 6.07) is 13.2. The number of nitrogens with one attached hydrogen (secondary N) is 1. The maximum Gasteiger partial charge on any atom is 0.251 e. The van der Waals surface area contributed by atoms with E-state index in [1.54, 1.807) is 13.2 Å². The third-order valence-electron chi connectivity index (χ3n) is 3.22. The molecule has 2 rings (SSSR count). The molecule has 0 aliphatic heterocycles. The molecule has 0 spiro atoms. The molecule has 4 nitrogen and oxygen atoms in total. The van der Waals surface area contributed by atoms with Crippen LogP contribution in [0.3, 0.4) is 0 Å². The molecule has 0 saturated carbocycles. The zero-order valence-corrected chi connectivity index (χ0v) is 12.3. The number of hydrogen-bond donors (Lipinski definition) is 2. The summed E-state index contributed by atoms with van der Waals surface area (Å²) in [6.07, 6.45) is 0. The molecule has 0 saturated heterocycles. The standard InChI is InChI=1S/C17H20N2O2/c1-12-7-15(9-16(18)8-12)17(20)19-10-13-5-3-4-6-14(13)11-21-2/h3-9H,10-11,18H2,1-2H3,(H,19,20). The zero-order valence-electron chi connectivity index (χ0n) is 12.3. The van der Waals surface area contributed by atoms with Crippen molar-refractivity contribution in [2.75, 3.05) is 12.8 Å². The second-order valence-corrected chi connectivity index (χ2v) is 5.02. The molecule has 0 fully saturated rings. The van der Waals surface area contributed by atoms with Crippen molar-refractivity contribution in [3.05, 3.63) is 64.7 Å². The Morgan fingerprint density at radius 1 is 1.19 bits per heavy atom. The summed E-state index contributed by atoms with van der Waals surface area (Å²) in [6.45, 7) is 2.91. The van der Waals surface area contributed by atoms with Crippen molar-refractivity contribution in [3.8, 4) is 0 Å². The number of hydrogen-bond acceptors (Lipinski definition) is 3. The number of amides is 1. The molecule has 0 bridgehead atoms. The van der Waals surface area contributed by atoms with E-state index < -0.39 is 0 Å². The van der Waals surface area contributed by atoms with Crippen molar-refractivity contribution >= 4 is 11.6 Å². The topological polar surface area (TPSA) is 64.3 Å². The van der Waals surface area contributed by atoms with Gasteiger partial charge in [-0.25, -0.2) is 0 Å². The molecular formula is C17H20N2O2. The quantitative estimate of drug-likeness (QED) is 0.830.